The molecule has 0 aliphatic carbocycles. The van der Waals surface area contributed by atoms with Crippen LogP contribution in [-0.2, 0) is 0 Å². The smallest absolute Gasteiger partial charge is 0.0710 e. The molecule has 4 atom stereocenters. The predicted molar refractivity (Wildman–Crippen MR) is 44.4 cm³/mol. The zero-order valence-corrected chi connectivity index (χ0v) is 7.33. The first-order chi connectivity index (χ1) is 5.18. The maximum Gasteiger partial charge on any atom is 0.0710 e. The van der Waals surface area contributed by atoms with E-state index < -0.39 is 0 Å². The summed E-state index contributed by atoms with van der Waals surface area (Å²) in [6.45, 7) is 2.30. The lowest BCUT2D eigenvalue weighted by molar-refractivity contribution is 0.0844. The third-order valence-corrected chi connectivity index (χ3v) is 3.38. The molecule has 64 valence electrons. The van der Waals surface area contributed by atoms with E-state index in [1.165, 1.54) is 12.8 Å². The van der Waals surface area contributed by atoms with Gasteiger partial charge in [-0.3, -0.25) is 4.90 Å². The summed E-state index contributed by atoms with van der Waals surface area (Å²) in [6, 6.07) is 1.13. The highest BCUT2D eigenvalue weighted by molar-refractivity contribution is 4.97. The van der Waals surface area contributed by atoms with E-state index >= 15 is 0 Å². The molecule has 0 aromatic heterocycles. The molecule has 2 rings (SSSR count). The second kappa shape index (κ2) is 2.46. The topological polar surface area (TPSA) is 23.5 Å². The fourth-order valence-corrected chi connectivity index (χ4v) is 2.70. The predicted octanol–water partition coefficient (Wildman–Crippen LogP) is 0.850. The Morgan fingerprint density at radius 2 is 2.00 bits per heavy atom. The van der Waals surface area contributed by atoms with E-state index in [0.717, 1.165) is 12.3 Å². The van der Waals surface area contributed by atoms with Crippen LogP contribution in [0.5, 0.6) is 0 Å². The standard InChI is InChI=1S/C9H17NO/c1-6-3-7-5-9(11)8(4-6)10(7)2/h6-9,11H,3-5H2,1-2H3. The molecule has 0 saturated carbocycles. The number of aliphatic hydroxyl groups excluding tert-OH is 1. The molecule has 0 aromatic carbocycles. The van der Waals surface area contributed by atoms with Crippen LogP contribution in [0.2, 0.25) is 0 Å². The largest absolute Gasteiger partial charge is 0.391 e. The van der Waals surface area contributed by atoms with Crippen LogP contribution in [-0.4, -0.2) is 35.2 Å². The van der Waals surface area contributed by atoms with Gasteiger partial charge < -0.3 is 5.11 Å². The Bertz CT molecular complexity index is 158. The zero-order valence-electron chi connectivity index (χ0n) is 7.33. The Balaban J connectivity index is 2.14. The van der Waals surface area contributed by atoms with E-state index in [1.807, 2.05) is 0 Å². The maximum absolute atomic E-state index is 9.65. The van der Waals surface area contributed by atoms with E-state index in [2.05, 4.69) is 18.9 Å². The molecule has 2 aliphatic rings. The summed E-state index contributed by atoms with van der Waals surface area (Å²) in [4.78, 5) is 2.37. The molecule has 2 heterocycles. The van der Waals surface area contributed by atoms with Crippen LogP contribution < -0.4 is 0 Å². The van der Waals surface area contributed by atoms with Crippen molar-refractivity contribution in [3.05, 3.63) is 0 Å². The minimum atomic E-state index is -0.0463. The van der Waals surface area contributed by atoms with Gasteiger partial charge in [-0.05, 0) is 32.2 Å². The fourth-order valence-electron chi connectivity index (χ4n) is 2.70. The number of likely N-dealkylation sites (N-methyl/N-ethyl adjacent to an activating group) is 1. The second-order valence-corrected chi connectivity index (χ2v) is 4.27. The summed E-state index contributed by atoms with van der Waals surface area (Å²) in [7, 11) is 2.15. The van der Waals surface area contributed by atoms with E-state index in [4.69, 9.17) is 0 Å². The average molecular weight is 155 g/mol. The van der Waals surface area contributed by atoms with Crippen molar-refractivity contribution in [2.24, 2.45) is 5.92 Å². The number of aliphatic hydroxyl groups is 1. The molecular formula is C9H17NO. The minimum Gasteiger partial charge on any atom is -0.391 e. The summed E-state index contributed by atoms with van der Waals surface area (Å²) in [6.07, 6.45) is 3.43. The Kier molecular flexibility index (Phi) is 1.69. The summed E-state index contributed by atoms with van der Waals surface area (Å²) in [5.74, 6) is 0.818. The van der Waals surface area contributed by atoms with Gasteiger partial charge in [-0.25, -0.2) is 0 Å². The first-order valence-corrected chi connectivity index (χ1v) is 4.58. The molecule has 0 spiro atoms. The second-order valence-electron chi connectivity index (χ2n) is 4.27. The van der Waals surface area contributed by atoms with Gasteiger partial charge in [0.2, 0.25) is 0 Å². The number of hydrogen-bond donors (Lipinski definition) is 1. The van der Waals surface area contributed by atoms with Crippen molar-refractivity contribution in [1.82, 2.24) is 4.90 Å². The van der Waals surface area contributed by atoms with Crippen molar-refractivity contribution >= 4 is 0 Å². The van der Waals surface area contributed by atoms with E-state index in [0.29, 0.717) is 12.1 Å². The third kappa shape index (κ3) is 1.09. The van der Waals surface area contributed by atoms with Gasteiger partial charge in [0.25, 0.3) is 0 Å². The highest BCUT2D eigenvalue weighted by Gasteiger charge is 2.42. The number of hydrogen-bond acceptors (Lipinski definition) is 2. The fraction of sp³-hybridized carbons (Fsp3) is 1.00. The van der Waals surface area contributed by atoms with Gasteiger partial charge in [-0.15, -0.1) is 0 Å². The summed E-state index contributed by atoms with van der Waals surface area (Å²) >= 11 is 0. The summed E-state index contributed by atoms with van der Waals surface area (Å²) in [5, 5.41) is 9.65. The van der Waals surface area contributed by atoms with Crippen molar-refractivity contribution in [2.45, 2.75) is 44.4 Å². The molecule has 2 saturated heterocycles. The van der Waals surface area contributed by atoms with Gasteiger partial charge in [0, 0.05) is 12.1 Å². The first-order valence-electron chi connectivity index (χ1n) is 4.58. The molecule has 2 bridgehead atoms. The van der Waals surface area contributed by atoms with Crippen molar-refractivity contribution in [2.75, 3.05) is 7.05 Å². The highest BCUT2D eigenvalue weighted by Crippen LogP contribution is 2.37. The Morgan fingerprint density at radius 3 is 2.64 bits per heavy atom. The van der Waals surface area contributed by atoms with E-state index in [9.17, 15) is 5.11 Å². The number of nitrogens with zero attached hydrogens (tertiary/aromatic N) is 1. The normalized spacial score (nSPS) is 51.5. The molecule has 1 N–H and O–H groups in total. The molecule has 2 heteroatoms. The Morgan fingerprint density at radius 1 is 1.27 bits per heavy atom. The Hall–Kier alpha value is -0.0800. The lowest BCUT2D eigenvalue weighted by atomic mass is 9.93. The van der Waals surface area contributed by atoms with Crippen LogP contribution >= 0.6 is 0 Å². The first kappa shape index (κ1) is 7.56. The van der Waals surface area contributed by atoms with Gasteiger partial charge in [0.15, 0.2) is 0 Å². The van der Waals surface area contributed by atoms with Gasteiger partial charge in [-0.2, -0.15) is 0 Å². The molecule has 0 radical (unpaired) electrons. The van der Waals surface area contributed by atoms with Gasteiger partial charge in [0.1, 0.15) is 0 Å². The van der Waals surface area contributed by atoms with Crippen LogP contribution in [0.3, 0.4) is 0 Å². The molecule has 2 aliphatic heterocycles. The molecule has 0 amide bonds. The SMILES string of the molecule is CC1CC2CC(O)C(C1)N2C. The number of piperidine rings is 1. The van der Waals surface area contributed by atoms with Crippen LogP contribution in [0.4, 0.5) is 0 Å². The number of rotatable bonds is 0. The van der Waals surface area contributed by atoms with Crippen LogP contribution in [0.1, 0.15) is 26.2 Å². The Labute approximate surface area is 68.2 Å². The van der Waals surface area contributed by atoms with Crippen LogP contribution in [0.25, 0.3) is 0 Å². The summed E-state index contributed by atoms with van der Waals surface area (Å²) < 4.78 is 0. The molecule has 2 fully saturated rings. The van der Waals surface area contributed by atoms with Gasteiger partial charge in [-0.1, -0.05) is 6.92 Å². The quantitative estimate of drug-likeness (QED) is 0.560. The average Bonchev–Trinajstić information content (AvgIpc) is 2.17. The van der Waals surface area contributed by atoms with Crippen molar-refractivity contribution in [3.8, 4) is 0 Å². The summed E-state index contributed by atoms with van der Waals surface area (Å²) in [5.41, 5.74) is 0. The van der Waals surface area contributed by atoms with Gasteiger partial charge >= 0.3 is 0 Å². The molecule has 11 heavy (non-hydrogen) atoms. The van der Waals surface area contributed by atoms with Crippen molar-refractivity contribution < 1.29 is 5.11 Å². The number of fused-ring (bicyclic) bond motifs is 2. The molecule has 4 unspecified atom stereocenters. The molecule has 2 nitrogen and oxygen atoms in total. The molecule has 0 aromatic rings. The van der Waals surface area contributed by atoms with Crippen molar-refractivity contribution in [3.63, 3.8) is 0 Å². The molecular weight excluding hydrogens is 138 g/mol. The maximum atomic E-state index is 9.65. The monoisotopic (exact) mass is 155 g/mol. The third-order valence-electron chi connectivity index (χ3n) is 3.38. The van der Waals surface area contributed by atoms with Crippen LogP contribution in [0, 0.1) is 5.92 Å². The lowest BCUT2D eigenvalue weighted by Crippen LogP contribution is -2.41. The van der Waals surface area contributed by atoms with Crippen LogP contribution in [0.15, 0.2) is 0 Å². The minimum absolute atomic E-state index is 0.0463. The van der Waals surface area contributed by atoms with E-state index in [1.54, 1.807) is 0 Å². The zero-order chi connectivity index (χ0) is 8.01. The van der Waals surface area contributed by atoms with E-state index in [-0.39, 0.29) is 6.10 Å². The van der Waals surface area contributed by atoms with Crippen molar-refractivity contribution in [1.29, 1.82) is 0 Å². The highest BCUT2D eigenvalue weighted by atomic mass is 16.3. The lowest BCUT2D eigenvalue weighted by Gasteiger charge is -2.34. The van der Waals surface area contributed by atoms with Gasteiger partial charge in [0.05, 0.1) is 6.10 Å².